The molecule has 5 heteroatoms. The van der Waals surface area contributed by atoms with Crippen molar-refractivity contribution in [2.45, 2.75) is 19.1 Å². The predicted octanol–water partition coefficient (Wildman–Crippen LogP) is 0.152. The fraction of sp³-hybridized carbons (Fsp3) is 0.625. The number of aliphatic hydroxyl groups is 1. The maximum atomic E-state index is 8.73. The van der Waals surface area contributed by atoms with Gasteiger partial charge in [-0.05, 0) is 0 Å². The zero-order chi connectivity index (χ0) is 9.68. The first kappa shape index (κ1) is 10.6. The zero-order valence-electron chi connectivity index (χ0n) is 7.56. The van der Waals surface area contributed by atoms with Crippen LogP contribution in [0.1, 0.15) is 10.7 Å². The molecule has 1 aromatic heterocycles. The second-order valence-electron chi connectivity index (χ2n) is 2.81. The lowest BCUT2D eigenvalue weighted by atomic mass is 10.2. The minimum Gasteiger partial charge on any atom is -0.395 e. The molecule has 0 aliphatic carbocycles. The maximum Gasteiger partial charge on any atom is 0.119 e. The lowest BCUT2D eigenvalue weighted by Gasteiger charge is -2.03. The van der Waals surface area contributed by atoms with Gasteiger partial charge in [0.1, 0.15) is 5.01 Å². The molecule has 0 bridgehead atoms. The minimum atomic E-state index is -0.211. The van der Waals surface area contributed by atoms with Gasteiger partial charge in [-0.2, -0.15) is 0 Å². The van der Waals surface area contributed by atoms with Crippen molar-refractivity contribution in [3.05, 3.63) is 16.1 Å². The van der Waals surface area contributed by atoms with Crippen LogP contribution in [-0.2, 0) is 17.8 Å². The fourth-order valence-electron chi connectivity index (χ4n) is 0.966. The van der Waals surface area contributed by atoms with E-state index in [4.69, 9.17) is 15.6 Å². The van der Waals surface area contributed by atoms with Crippen LogP contribution in [-0.4, -0.2) is 29.8 Å². The van der Waals surface area contributed by atoms with E-state index >= 15 is 0 Å². The van der Waals surface area contributed by atoms with E-state index in [2.05, 4.69) is 4.98 Å². The summed E-state index contributed by atoms with van der Waals surface area (Å²) >= 11 is 1.55. The predicted molar refractivity (Wildman–Crippen MR) is 51.6 cm³/mol. The molecule has 0 aromatic carbocycles. The summed E-state index contributed by atoms with van der Waals surface area (Å²) in [6.07, 6.45) is 0.622. The van der Waals surface area contributed by atoms with Gasteiger partial charge >= 0.3 is 0 Å². The molecule has 13 heavy (non-hydrogen) atoms. The largest absolute Gasteiger partial charge is 0.395 e. The van der Waals surface area contributed by atoms with Gasteiger partial charge in [0.15, 0.2) is 0 Å². The van der Waals surface area contributed by atoms with Crippen LogP contribution < -0.4 is 5.73 Å². The summed E-state index contributed by atoms with van der Waals surface area (Å²) < 4.78 is 4.94. The lowest BCUT2D eigenvalue weighted by molar-refractivity contribution is 0.184. The summed E-state index contributed by atoms with van der Waals surface area (Å²) in [6.45, 7) is 0.538. The topological polar surface area (TPSA) is 68.4 Å². The molecule has 1 unspecified atom stereocenters. The highest BCUT2D eigenvalue weighted by molar-refractivity contribution is 7.09. The molecule has 1 aromatic rings. The lowest BCUT2D eigenvalue weighted by Crippen LogP contribution is -2.26. The second kappa shape index (κ2) is 5.29. The van der Waals surface area contributed by atoms with E-state index in [-0.39, 0.29) is 12.6 Å². The van der Waals surface area contributed by atoms with Gasteiger partial charge in [-0.1, -0.05) is 0 Å². The van der Waals surface area contributed by atoms with Crippen molar-refractivity contribution >= 4 is 11.3 Å². The third kappa shape index (κ3) is 3.40. The average molecular weight is 202 g/mol. The molecule has 1 atom stereocenters. The Hall–Kier alpha value is -0.490. The molecule has 3 N–H and O–H groups in total. The Morgan fingerprint density at radius 2 is 2.54 bits per heavy atom. The van der Waals surface area contributed by atoms with E-state index in [1.807, 2.05) is 5.38 Å². The minimum absolute atomic E-state index is 0.00284. The first-order valence-corrected chi connectivity index (χ1v) is 4.93. The van der Waals surface area contributed by atoms with E-state index in [1.165, 1.54) is 0 Å². The van der Waals surface area contributed by atoms with Crippen LogP contribution >= 0.6 is 11.3 Å². The van der Waals surface area contributed by atoms with Gasteiger partial charge in [0, 0.05) is 25.0 Å². The maximum absolute atomic E-state index is 8.73. The molecule has 0 spiro atoms. The van der Waals surface area contributed by atoms with Gasteiger partial charge in [0.25, 0.3) is 0 Å². The Labute approximate surface area is 81.4 Å². The SMILES string of the molecule is COCc1nc(CC(N)CO)cs1. The summed E-state index contributed by atoms with van der Waals surface area (Å²) in [5, 5.41) is 11.6. The molecule has 74 valence electrons. The number of hydrogen-bond acceptors (Lipinski definition) is 5. The van der Waals surface area contributed by atoms with Crippen molar-refractivity contribution in [3.63, 3.8) is 0 Å². The van der Waals surface area contributed by atoms with Crippen molar-refractivity contribution in [2.75, 3.05) is 13.7 Å². The van der Waals surface area contributed by atoms with Crippen LogP contribution in [0, 0.1) is 0 Å². The van der Waals surface area contributed by atoms with Crippen LogP contribution in [0.15, 0.2) is 5.38 Å². The van der Waals surface area contributed by atoms with Crippen molar-refractivity contribution < 1.29 is 9.84 Å². The summed E-state index contributed by atoms with van der Waals surface area (Å²) in [7, 11) is 1.64. The first-order valence-electron chi connectivity index (χ1n) is 4.05. The number of thiazole rings is 1. The highest BCUT2D eigenvalue weighted by atomic mass is 32.1. The van der Waals surface area contributed by atoms with Gasteiger partial charge < -0.3 is 15.6 Å². The average Bonchev–Trinajstić information content (AvgIpc) is 2.53. The van der Waals surface area contributed by atoms with Gasteiger partial charge in [0.2, 0.25) is 0 Å². The van der Waals surface area contributed by atoms with E-state index < -0.39 is 0 Å². The Bertz CT molecular complexity index is 252. The molecular weight excluding hydrogens is 188 g/mol. The molecule has 0 saturated heterocycles. The standard InChI is InChI=1S/C8H14N2O2S/c1-12-4-8-10-7(5-13-8)2-6(9)3-11/h5-6,11H,2-4,9H2,1H3. The molecule has 0 fully saturated rings. The van der Waals surface area contributed by atoms with Crippen molar-refractivity contribution in [2.24, 2.45) is 5.73 Å². The summed E-state index contributed by atoms with van der Waals surface area (Å²) in [5.74, 6) is 0. The number of aliphatic hydroxyl groups excluding tert-OH is 1. The zero-order valence-corrected chi connectivity index (χ0v) is 8.38. The quantitative estimate of drug-likeness (QED) is 0.713. The molecule has 0 aliphatic heterocycles. The number of hydrogen-bond donors (Lipinski definition) is 2. The second-order valence-corrected chi connectivity index (χ2v) is 3.76. The number of nitrogens with two attached hydrogens (primary N) is 1. The number of nitrogens with zero attached hydrogens (tertiary/aromatic N) is 1. The third-order valence-electron chi connectivity index (χ3n) is 1.57. The van der Waals surface area contributed by atoms with Crippen LogP contribution in [0.2, 0.25) is 0 Å². The number of ether oxygens (including phenoxy) is 1. The molecule has 1 heterocycles. The van der Waals surface area contributed by atoms with E-state index in [0.29, 0.717) is 13.0 Å². The molecule has 4 nitrogen and oxygen atoms in total. The summed E-state index contributed by atoms with van der Waals surface area (Å²) in [5.41, 5.74) is 6.50. The Balaban J connectivity index is 2.48. The molecule has 0 saturated carbocycles. The van der Waals surface area contributed by atoms with Crippen LogP contribution in [0.4, 0.5) is 0 Å². The number of rotatable bonds is 5. The Morgan fingerprint density at radius 3 is 3.15 bits per heavy atom. The van der Waals surface area contributed by atoms with Crippen LogP contribution in [0.25, 0.3) is 0 Å². The molecule has 0 aliphatic rings. The van der Waals surface area contributed by atoms with Gasteiger partial charge in [-0.3, -0.25) is 0 Å². The van der Waals surface area contributed by atoms with Gasteiger partial charge in [-0.25, -0.2) is 4.98 Å². The number of aromatic nitrogens is 1. The van der Waals surface area contributed by atoms with Gasteiger partial charge in [0.05, 0.1) is 18.9 Å². The van der Waals surface area contributed by atoms with Crippen LogP contribution in [0.5, 0.6) is 0 Å². The van der Waals surface area contributed by atoms with Crippen molar-refractivity contribution in [1.82, 2.24) is 4.98 Å². The van der Waals surface area contributed by atoms with Crippen LogP contribution in [0.3, 0.4) is 0 Å². The van der Waals surface area contributed by atoms with Crippen molar-refractivity contribution in [1.29, 1.82) is 0 Å². The Kier molecular flexibility index (Phi) is 4.31. The molecule has 1 rings (SSSR count). The Morgan fingerprint density at radius 1 is 1.77 bits per heavy atom. The number of methoxy groups -OCH3 is 1. The summed E-state index contributed by atoms with van der Waals surface area (Å²) in [4.78, 5) is 4.29. The van der Waals surface area contributed by atoms with E-state index in [9.17, 15) is 0 Å². The van der Waals surface area contributed by atoms with Crippen molar-refractivity contribution in [3.8, 4) is 0 Å². The third-order valence-corrected chi connectivity index (χ3v) is 2.44. The fourth-order valence-corrected chi connectivity index (χ4v) is 1.74. The van der Waals surface area contributed by atoms with E-state index in [1.54, 1.807) is 18.4 Å². The summed E-state index contributed by atoms with van der Waals surface area (Å²) in [6, 6.07) is -0.211. The molecule has 0 radical (unpaired) electrons. The van der Waals surface area contributed by atoms with Gasteiger partial charge in [-0.15, -0.1) is 11.3 Å². The monoisotopic (exact) mass is 202 g/mol. The van der Waals surface area contributed by atoms with E-state index in [0.717, 1.165) is 10.7 Å². The smallest absolute Gasteiger partial charge is 0.119 e. The first-order chi connectivity index (χ1) is 6.26. The molecular formula is C8H14N2O2S. The normalized spacial score (nSPS) is 13.2. The highest BCUT2D eigenvalue weighted by Crippen LogP contribution is 2.11. The molecule has 0 amide bonds. The highest BCUT2D eigenvalue weighted by Gasteiger charge is 2.06.